The minimum Gasteiger partial charge on any atom is -0.351 e. The molecule has 1 unspecified atom stereocenters. The summed E-state index contributed by atoms with van der Waals surface area (Å²) in [6.07, 6.45) is 2.31. The zero-order valence-corrected chi connectivity index (χ0v) is 11.8. The van der Waals surface area contributed by atoms with Crippen LogP contribution in [0.5, 0.6) is 0 Å². The predicted molar refractivity (Wildman–Crippen MR) is 79.9 cm³/mol. The Balaban J connectivity index is 0.00000200. The van der Waals surface area contributed by atoms with Crippen LogP contribution in [0.15, 0.2) is 24.3 Å². The largest absolute Gasteiger partial charge is 0.351 e. The zero-order chi connectivity index (χ0) is 13.8. The van der Waals surface area contributed by atoms with Crippen LogP contribution in [0.25, 0.3) is 0 Å². The second kappa shape index (κ2) is 7.12. The van der Waals surface area contributed by atoms with E-state index in [1.54, 1.807) is 24.3 Å². The van der Waals surface area contributed by atoms with Crippen LogP contribution in [0, 0.1) is 5.92 Å². The molecule has 6 N–H and O–H groups in total. The number of benzene rings is 1. The minimum atomic E-state index is -0.632. The number of rotatable bonds is 5. The van der Waals surface area contributed by atoms with Crippen molar-refractivity contribution in [3.05, 3.63) is 29.8 Å². The smallest absolute Gasteiger partial charge is 0.316 e. The quantitative estimate of drug-likeness (QED) is 0.652. The van der Waals surface area contributed by atoms with E-state index >= 15 is 0 Å². The molecule has 20 heavy (non-hydrogen) atoms. The van der Waals surface area contributed by atoms with Gasteiger partial charge in [-0.3, -0.25) is 4.79 Å². The molecule has 7 heteroatoms. The minimum absolute atomic E-state index is 0. The fraction of sp³-hybridized carbons (Fsp3) is 0.385. The number of carbonyl (C=O) groups excluding carboxylic acids is 2. The number of amides is 3. The highest BCUT2D eigenvalue weighted by molar-refractivity contribution is 5.95. The number of hydrogen-bond acceptors (Lipinski definition) is 3. The lowest BCUT2D eigenvalue weighted by Crippen LogP contribution is -2.38. The summed E-state index contributed by atoms with van der Waals surface area (Å²) in [4.78, 5) is 22.5. The van der Waals surface area contributed by atoms with Gasteiger partial charge in [0.15, 0.2) is 0 Å². The summed E-state index contributed by atoms with van der Waals surface area (Å²) in [6, 6.07) is 5.92. The van der Waals surface area contributed by atoms with E-state index in [4.69, 9.17) is 11.5 Å². The first-order valence-corrected chi connectivity index (χ1v) is 6.26. The first-order chi connectivity index (χ1) is 9.06. The van der Waals surface area contributed by atoms with E-state index in [1.165, 1.54) is 0 Å². The van der Waals surface area contributed by atoms with Crippen LogP contribution in [0.4, 0.5) is 10.5 Å². The molecule has 1 fully saturated rings. The Morgan fingerprint density at radius 2 is 1.85 bits per heavy atom. The van der Waals surface area contributed by atoms with E-state index in [-0.39, 0.29) is 24.4 Å². The zero-order valence-electron chi connectivity index (χ0n) is 11.0. The summed E-state index contributed by atoms with van der Waals surface area (Å²) in [5, 5.41) is 5.24. The average molecular weight is 299 g/mol. The summed E-state index contributed by atoms with van der Waals surface area (Å²) in [5.74, 6) is 0.393. The van der Waals surface area contributed by atoms with Crippen LogP contribution in [-0.2, 0) is 0 Å². The van der Waals surface area contributed by atoms with Gasteiger partial charge in [-0.15, -0.1) is 12.4 Å². The van der Waals surface area contributed by atoms with E-state index in [1.807, 2.05) is 0 Å². The number of nitrogens with one attached hydrogen (secondary N) is 2. The van der Waals surface area contributed by atoms with E-state index in [0.717, 1.165) is 12.8 Å². The van der Waals surface area contributed by atoms with Crippen LogP contribution in [0.2, 0.25) is 0 Å². The molecule has 3 amide bonds. The molecule has 1 aromatic carbocycles. The van der Waals surface area contributed by atoms with Crippen LogP contribution in [0.1, 0.15) is 23.2 Å². The van der Waals surface area contributed by atoms with Gasteiger partial charge in [0.2, 0.25) is 0 Å². The molecule has 1 aliphatic carbocycles. The number of urea groups is 1. The number of hydrogen-bond donors (Lipinski definition) is 4. The Labute approximate surface area is 123 Å². The highest BCUT2D eigenvalue weighted by atomic mass is 35.5. The maximum Gasteiger partial charge on any atom is 0.316 e. The third-order valence-corrected chi connectivity index (χ3v) is 3.14. The first-order valence-electron chi connectivity index (χ1n) is 6.26. The molecule has 6 nitrogen and oxygen atoms in total. The van der Waals surface area contributed by atoms with Gasteiger partial charge in [-0.25, -0.2) is 4.79 Å². The molecule has 0 heterocycles. The highest BCUT2D eigenvalue weighted by Gasteiger charge is 2.28. The molecule has 1 atom stereocenters. The van der Waals surface area contributed by atoms with Gasteiger partial charge in [-0.1, -0.05) is 0 Å². The average Bonchev–Trinajstić information content (AvgIpc) is 3.20. The van der Waals surface area contributed by atoms with Crippen LogP contribution in [-0.4, -0.2) is 24.5 Å². The molecule has 0 saturated heterocycles. The molecule has 110 valence electrons. The van der Waals surface area contributed by atoms with Crippen molar-refractivity contribution in [3.63, 3.8) is 0 Å². The van der Waals surface area contributed by atoms with Gasteiger partial charge in [0, 0.05) is 23.8 Å². The first kappa shape index (κ1) is 16.3. The van der Waals surface area contributed by atoms with E-state index in [0.29, 0.717) is 23.7 Å². The number of primary amides is 1. The summed E-state index contributed by atoms with van der Waals surface area (Å²) in [6.45, 7) is 0.491. The molecule has 0 radical (unpaired) electrons. The number of halogens is 1. The molecule has 0 aliphatic heterocycles. The third kappa shape index (κ3) is 4.71. The van der Waals surface area contributed by atoms with E-state index in [2.05, 4.69) is 10.6 Å². The molecule has 1 saturated carbocycles. The predicted octanol–water partition coefficient (Wildman–Crippen LogP) is 1.07. The fourth-order valence-corrected chi connectivity index (χ4v) is 1.85. The van der Waals surface area contributed by atoms with Gasteiger partial charge in [-0.05, 0) is 43.0 Å². The van der Waals surface area contributed by atoms with Crippen molar-refractivity contribution in [3.8, 4) is 0 Å². The van der Waals surface area contributed by atoms with Crippen LogP contribution in [0.3, 0.4) is 0 Å². The topological polar surface area (TPSA) is 110 Å². The second-order valence-electron chi connectivity index (χ2n) is 4.78. The molecular weight excluding hydrogens is 280 g/mol. The van der Waals surface area contributed by atoms with Gasteiger partial charge < -0.3 is 22.1 Å². The van der Waals surface area contributed by atoms with Crippen molar-refractivity contribution < 1.29 is 9.59 Å². The van der Waals surface area contributed by atoms with Crippen molar-refractivity contribution in [2.24, 2.45) is 17.4 Å². The molecule has 0 bridgehead atoms. The summed E-state index contributed by atoms with van der Waals surface area (Å²) >= 11 is 0. The molecule has 2 rings (SSSR count). The van der Waals surface area contributed by atoms with E-state index < -0.39 is 6.03 Å². The van der Waals surface area contributed by atoms with Crippen molar-refractivity contribution in [2.75, 3.05) is 11.9 Å². The van der Waals surface area contributed by atoms with Gasteiger partial charge in [0.05, 0.1) is 0 Å². The van der Waals surface area contributed by atoms with Crippen LogP contribution < -0.4 is 22.1 Å². The van der Waals surface area contributed by atoms with Crippen molar-refractivity contribution in [2.45, 2.75) is 18.9 Å². The Morgan fingerprint density at radius 1 is 1.25 bits per heavy atom. The van der Waals surface area contributed by atoms with Gasteiger partial charge >= 0.3 is 6.03 Å². The number of nitrogens with two attached hydrogens (primary N) is 2. The maximum atomic E-state index is 11.8. The Bertz CT molecular complexity index is 474. The van der Waals surface area contributed by atoms with Crippen molar-refractivity contribution in [1.82, 2.24) is 5.32 Å². The number of anilines is 1. The molecule has 1 aromatic rings. The second-order valence-corrected chi connectivity index (χ2v) is 4.78. The SMILES string of the molecule is Cl.NC(=O)Nc1ccc(C(=O)NCC(N)C2CC2)cc1. The molecule has 0 aromatic heterocycles. The van der Waals surface area contributed by atoms with Gasteiger partial charge in [0.1, 0.15) is 0 Å². The van der Waals surface area contributed by atoms with Gasteiger partial charge in [-0.2, -0.15) is 0 Å². The third-order valence-electron chi connectivity index (χ3n) is 3.14. The van der Waals surface area contributed by atoms with Crippen molar-refractivity contribution >= 4 is 30.0 Å². The van der Waals surface area contributed by atoms with Crippen LogP contribution >= 0.6 is 12.4 Å². The summed E-state index contributed by atoms with van der Waals surface area (Å²) in [7, 11) is 0. The summed E-state index contributed by atoms with van der Waals surface area (Å²) in [5.41, 5.74) is 12.0. The lowest BCUT2D eigenvalue weighted by atomic mass is 10.1. The monoisotopic (exact) mass is 298 g/mol. The lowest BCUT2D eigenvalue weighted by Gasteiger charge is -2.11. The molecule has 0 spiro atoms. The number of carbonyl (C=O) groups is 2. The molecular formula is C13H19ClN4O2. The van der Waals surface area contributed by atoms with Crippen molar-refractivity contribution in [1.29, 1.82) is 0 Å². The normalized spacial score (nSPS) is 14.8. The lowest BCUT2D eigenvalue weighted by molar-refractivity contribution is 0.0950. The Hall–Kier alpha value is -1.79. The maximum absolute atomic E-state index is 11.8. The summed E-state index contributed by atoms with van der Waals surface area (Å²) < 4.78 is 0. The molecule has 1 aliphatic rings. The Morgan fingerprint density at radius 3 is 2.35 bits per heavy atom. The fourth-order valence-electron chi connectivity index (χ4n) is 1.85. The van der Waals surface area contributed by atoms with E-state index in [9.17, 15) is 9.59 Å². The highest BCUT2D eigenvalue weighted by Crippen LogP contribution is 2.31. The standard InChI is InChI=1S/C13H18N4O2.ClH/c14-11(8-1-2-8)7-16-12(18)9-3-5-10(6-4-9)17-13(15)19;/h3-6,8,11H,1-2,7,14H2,(H,16,18)(H3,15,17,19);1H. The van der Waals surface area contributed by atoms with Gasteiger partial charge in [0.25, 0.3) is 5.91 Å². The Kier molecular flexibility index (Phi) is 5.79.